The predicted octanol–water partition coefficient (Wildman–Crippen LogP) is 2.57. The topological polar surface area (TPSA) is 69.6 Å². The molecule has 0 saturated heterocycles. The van der Waals surface area contributed by atoms with E-state index < -0.39 is 0 Å². The Morgan fingerprint density at radius 1 is 1.33 bits per heavy atom. The quantitative estimate of drug-likeness (QED) is 0.263. The van der Waals surface area contributed by atoms with Crippen LogP contribution < -0.4 is 10.6 Å². The fourth-order valence-electron chi connectivity index (χ4n) is 2.45. The summed E-state index contributed by atoms with van der Waals surface area (Å²) >= 11 is 1.62. The minimum absolute atomic E-state index is 0. The maximum Gasteiger partial charge on any atom is 0.224 e. The number of hydrogen-bond donors (Lipinski definition) is 2. The van der Waals surface area contributed by atoms with Crippen molar-refractivity contribution in [2.24, 2.45) is 4.99 Å². The molecule has 2 N–H and O–H groups in total. The number of aromatic nitrogens is 1. The molecule has 0 aliphatic carbocycles. The molecule has 1 heterocycles. The van der Waals surface area contributed by atoms with Crippen molar-refractivity contribution in [3.63, 3.8) is 0 Å². The number of carbonyl (C=O) groups excluding carboxylic acids is 1. The number of hydrogen-bond acceptors (Lipinski definition) is 4. The number of halogens is 2. The molecule has 9 heteroatoms. The zero-order valence-corrected chi connectivity index (χ0v) is 18.8. The molecule has 0 unspecified atom stereocenters. The smallest absolute Gasteiger partial charge is 0.224 e. The molecule has 2 rings (SSSR count). The normalized spacial score (nSPS) is 10.9. The van der Waals surface area contributed by atoms with Gasteiger partial charge in [-0.25, -0.2) is 9.37 Å². The van der Waals surface area contributed by atoms with Gasteiger partial charge in [0.2, 0.25) is 5.91 Å². The second kappa shape index (κ2) is 11.9. The summed E-state index contributed by atoms with van der Waals surface area (Å²) in [5, 5.41) is 9.09. The lowest BCUT2D eigenvalue weighted by Crippen LogP contribution is -2.42. The van der Waals surface area contributed by atoms with Crippen molar-refractivity contribution in [2.45, 2.75) is 19.9 Å². The van der Waals surface area contributed by atoms with E-state index in [1.807, 2.05) is 24.3 Å². The first-order valence-electron chi connectivity index (χ1n) is 8.32. The lowest BCUT2D eigenvalue weighted by Gasteiger charge is -2.21. The Balaban J connectivity index is 0.00000364. The minimum atomic E-state index is -0.334. The van der Waals surface area contributed by atoms with E-state index in [1.54, 1.807) is 30.5 Å². The van der Waals surface area contributed by atoms with Gasteiger partial charge in [0.15, 0.2) is 5.96 Å². The lowest BCUT2D eigenvalue weighted by molar-refractivity contribution is -0.120. The highest BCUT2D eigenvalue weighted by Gasteiger charge is 2.09. The monoisotopic (exact) mass is 505 g/mol. The van der Waals surface area contributed by atoms with Gasteiger partial charge in [0.05, 0.1) is 23.7 Å². The summed E-state index contributed by atoms with van der Waals surface area (Å²) in [6.07, 6.45) is 0.162. The molecule has 0 saturated carbocycles. The number of carbonyl (C=O) groups is 1. The maximum absolute atomic E-state index is 13.1. The second-order valence-corrected chi connectivity index (χ2v) is 6.91. The van der Waals surface area contributed by atoms with Gasteiger partial charge in [0.1, 0.15) is 5.82 Å². The van der Waals surface area contributed by atoms with E-state index in [1.165, 1.54) is 12.1 Å². The molecule has 0 aliphatic rings. The number of rotatable bonds is 7. The van der Waals surface area contributed by atoms with E-state index >= 15 is 0 Å². The number of aliphatic imine (C=N–C) groups is 1. The van der Waals surface area contributed by atoms with E-state index in [-0.39, 0.29) is 42.1 Å². The number of aryl methyl sites for hydroxylation is 1. The Morgan fingerprint density at radius 3 is 2.70 bits per heavy atom. The summed E-state index contributed by atoms with van der Waals surface area (Å²) < 4.78 is 13.1. The first kappa shape index (κ1) is 23.3. The van der Waals surface area contributed by atoms with Gasteiger partial charge in [-0.3, -0.25) is 9.79 Å². The van der Waals surface area contributed by atoms with E-state index in [4.69, 9.17) is 0 Å². The number of nitrogens with one attached hydrogen (secondary N) is 2. The van der Waals surface area contributed by atoms with Crippen LogP contribution >= 0.6 is 35.3 Å². The zero-order chi connectivity index (χ0) is 18.9. The summed E-state index contributed by atoms with van der Waals surface area (Å²) in [6, 6.07) is 6.07. The van der Waals surface area contributed by atoms with Crippen LogP contribution in [-0.2, 0) is 17.8 Å². The van der Waals surface area contributed by atoms with Gasteiger partial charge in [0, 0.05) is 32.6 Å². The van der Waals surface area contributed by atoms with Crippen molar-refractivity contribution < 1.29 is 9.18 Å². The Morgan fingerprint density at radius 2 is 2.07 bits per heavy atom. The standard InChI is InChI=1S/C18H24FN5OS.HI/c1-13-23-16(12-26-13)11-24(3)18(20-2)22-8-7-21-17(25)10-14-5-4-6-15(19)9-14;/h4-6,9,12H,7-8,10-11H2,1-3H3,(H,20,22)(H,21,25);1H. The Bertz CT molecular complexity index is 768. The molecule has 0 spiro atoms. The highest BCUT2D eigenvalue weighted by Crippen LogP contribution is 2.09. The molecular weight excluding hydrogens is 480 g/mol. The molecule has 2 aromatic rings. The average molecular weight is 505 g/mol. The molecule has 0 atom stereocenters. The van der Waals surface area contributed by atoms with Crippen LogP contribution in [0.5, 0.6) is 0 Å². The number of amides is 1. The van der Waals surface area contributed by atoms with Gasteiger partial charge in [-0.1, -0.05) is 12.1 Å². The van der Waals surface area contributed by atoms with E-state index in [0.717, 1.165) is 16.7 Å². The van der Waals surface area contributed by atoms with Crippen LogP contribution in [0.1, 0.15) is 16.3 Å². The molecule has 27 heavy (non-hydrogen) atoms. The fourth-order valence-corrected chi connectivity index (χ4v) is 3.06. The van der Waals surface area contributed by atoms with Gasteiger partial charge in [-0.05, 0) is 24.6 Å². The molecule has 0 fully saturated rings. The van der Waals surface area contributed by atoms with Crippen LogP contribution in [0, 0.1) is 12.7 Å². The predicted molar refractivity (Wildman–Crippen MR) is 118 cm³/mol. The molecular formula is C18H25FIN5OS. The van der Waals surface area contributed by atoms with Crippen LogP contribution in [0.4, 0.5) is 4.39 Å². The van der Waals surface area contributed by atoms with E-state index in [9.17, 15) is 9.18 Å². The maximum atomic E-state index is 13.1. The third-order valence-electron chi connectivity index (χ3n) is 3.62. The largest absolute Gasteiger partial charge is 0.354 e. The molecule has 148 valence electrons. The van der Waals surface area contributed by atoms with Crippen molar-refractivity contribution in [1.29, 1.82) is 0 Å². The summed E-state index contributed by atoms with van der Waals surface area (Å²) in [7, 11) is 3.65. The molecule has 0 radical (unpaired) electrons. The number of benzene rings is 1. The summed E-state index contributed by atoms with van der Waals surface area (Å²) in [6.45, 7) is 3.64. The van der Waals surface area contributed by atoms with Crippen molar-refractivity contribution in [2.75, 3.05) is 27.2 Å². The van der Waals surface area contributed by atoms with Crippen LogP contribution in [0.25, 0.3) is 0 Å². The molecule has 6 nitrogen and oxygen atoms in total. The van der Waals surface area contributed by atoms with Crippen molar-refractivity contribution in [3.05, 3.63) is 51.7 Å². The third kappa shape index (κ3) is 8.21. The molecule has 1 amide bonds. The molecule has 1 aromatic heterocycles. The van der Waals surface area contributed by atoms with Crippen LogP contribution in [0.2, 0.25) is 0 Å². The fraction of sp³-hybridized carbons (Fsp3) is 0.389. The highest BCUT2D eigenvalue weighted by atomic mass is 127. The molecule has 0 aliphatic heterocycles. The van der Waals surface area contributed by atoms with Crippen LogP contribution in [0.3, 0.4) is 0 Å². The van der Waals surface area contributed by atoms with E-state index in [2.05, 4.69) is 20.6 Å². The molecule has 0 bridgehead atoms. The van der Waals surface area contributed by atoms with Crippen molar-refractivity contribution in [3.8, 4) is 0 Å². The Hall–Kier alpha value is -1.75. The lowest BCUT2D eigenvalue weighted by atomic mass is 10.1. The van der Waals surface area contributed by atoms with Gasteiger partial charge in [-0.2, -0.15) is 0 Å². The Labute approximate surface area is 180 Å². The number of guanidine groups is 1. The summed E-state index contributed by atoms with van der Waals surface area (Å²) in [5.74, 6) is 0.257. The van der Waals surface area contributed by atoms with Crippen molar-refractivity contribution in [1.82, 2.24) is 20.5 Å². The Kier molecular flexibility index (Phi) is 10.2. The van der Waals surface area contributed by atoms with Gasteiger partial charge in [0.25, 0.3) is 0 Å². The summed E-state index contributed by atoms with van der Waals surface area (Å²) in [4.78, 5) is 22.6. The number of thiazole rings is 1. The highest BCUT2D eigenvalue weighted by molar-refractivity contribution is 14.0. The zero-order valence-electron chi connectivity index (χ0n) is 15.7. The first-order valence-corrected chi connectivity index (χ1v) is 9.20. The van der Waals surface area contributed by atoms with Gasteiger partial charge >= 0.3 is 0 Å². The minimum Gasteiger partial charge on any atom is -0.354 e. The molecule has 1 aromatic carbocycles. The van der Waals surface area contributed by atoms with Crippen LogP contribution in [-0.4, -0.2) is 48.9 Å². The number of nitrogens with zero attached hydrogens (tertiary/aromatic N) is 3. The van der Waals surface area contributed by atoms with Crippen molar-refractivity contribution >= 4 is 47.2 Å². The summed E-state index contributed by atoms with van der Waals surface area (Å²) in [5.41, 5.74) is 1.66. The van der Waals surface area contributed by atoms with Gasteiger partial charge < -0.3 is 15.5 Å². The van der Waals surface area contributed by atoms with E-state index in [0.29, 0.717) is 25.2 Å². The van der Waals surface area contributed by atoms with Gasteiger partial charge in [-0.15, -0.1) is 35.3 Å². The third-order valence-corrected chi connectivity index (χ3v) is 4.45. The first-order chi connectivity index (χ1) is 12.5. The second-order valence-electron chi connectivity index (χ2n) is 5.84. The average Bonchev–Trinajstić information content (AvgIpc) is 2.99. The SMILES string of the molecule is CN=C(NCCNC(=O)Cc1cccc(F)c1)N(C)Cc1csc(C)n1.I. The van der Waals surface area contributed by atoms with Crippen LogP contribution in [0.15, 0.2) is 34.6 Å².